The van der Waals surface area contributed by atoms with Crippen molar-refractivity contribution in [2.45, 2.75) is 20.8 Å². The van der Waals surface area contributed by atoms with E-state index in [0.29, 0.717) is 17.0 Å². The first-order valence-electron chi connectivity index (χ1n) is 6.75. The topological polar surface area (TPSA) is 64.3 Å². The normalized spacial score (nSPS) is 10.3. The van der Waals surface area contributed by atoms with Crippen LogP contribution in [0.15, 0.2) is 30.3 Å². The highest BCUT2D eigenvalue weighted by atomic mass is 16.5. The Labute approximate surface area is 124 Å². The molecule has 1 amide bonds. The van der Waals surface area contributed by atoms with Gasteiger partial charge in [-0.15, -0.1) is 0 Å². The van der Waals surface area contributed by atoms with Crippen LogP contribution in [0.4, 0.5) is 11.4 Å². The summed E-state index contributed by atoms with van der Waals surface area (Å²) in [4.78, 5) is 12.4. The zero-order valence-electron chi connectivity index (χ0n) is 12.8. The maximum atomic E-state index is 12.4. The number of methoxy groups -OCH3 is 1. The number of hydrogen-bond donors (Lipinski definition) is 2. The average molecular weight is 284 g/mol. The minimum absolute atomic E-state index is 0.176. The third-order valence-corrected chi connectivity index (χ3v) is 3.62. The van der Waals surface area contributed by atoms with Gasteiger partial charge in [-0.2, -0.15) is 0 Å². The van der Waals surface area contributed by atoms with Gasteiger partial charge in [0, 0.05) is 16.9 Å². The minimum Gasteiger partial charge on any atom is -0.496 e. The van der Waals surface area contributed by atoms with E-state index >= 15 is 0 Å². The summed E-state index contributed by atoms with van der Waals surface area (Å²) < 4.78 is 5.25. The largest absolute Gasteiger partial charge is 0.496 e. The third-order valence-electron chi connectivity index (χ3n) is 3.62. The van der Waals surface area contributed by atoms with E-state index in [-0.39, 0.29) is 5.91 Å². The van der Waals surface area contributed by atoms with Crippen molar-refractivity contribution in [1.29, 1.82) is 0 Å². The van der Waals surface area contributed by atoms with Crippen molar-refractivity contribution in [1.82, 2.24) is 0 Å². The molecule has 0 atom stereocenters. The lowest BCUT2D eigenvalue weighted by Crippen LogP contribution is -2.14. The number of carbonyl (C=O) groups excluding carboxylic acids is 1. The molecule has 0 unspecified atom stereocenters. The van der Waals surface area contributed by atoms with Crippen LogP contribution in [0.3, 0.4) is 0 Å². The van der Waals surface area contributed by atoms with Gasteiger partial charge >= 0.3 is 0 Å². The predicted octanol–water partition coefficient (Wildman–Crippen LogP) is 3.45. The standard InChI is InChI=1S/C17H20N2O2/c1-10-5-7-13(9-15(10)21-4)17(20)19-16-11(2)6-8-14(18)12(16)3/h5-9H,18H2,1-4H3,(H,19,20). The average Bonchev–Trinajstić information content (AvgIpc) is 2.48. The van der Waals surface area contributed by atoms with Gasteiger partial charge in [-0.25, -0.2) is 0 Å². The van der Waals surface area contributed by atoms with Crippen LogP contribution in [-0.2, 0) is 0 Å². The van der Waals surface area contributed by atoms with Crippen LogP contribution >= 0.6 is 0 Å². The molecule has 0 spiro atoms. The molecule has 0 radical (unpaired) electrons. The summed E-state index contributed by atoms with van der Waals surface area (Å²) in [6.07, 6.45) is 0. The minimum atomic E-state index is -0.176. The second kappa shape index (κ2) is 5.87. The van der Waals surface area contributed by atoms with Gasteiger partial charge in [0.25, 0.3) is 5.91 Å². The first kappa shape index (κ1) is 14.9. The van der Waals surface area contributed by atoms with Gasteiger partial charge in [0.1, 0.15) is 5.75 Å². The molecule has 0 aromatic heterocycles. The maximum Gasteiger partial charge on any atom is 0.255 e. The van der Waals surface area contributed by atoms with Crippen molar-refractivity contribution in [2.75, 3.05) is 18.2 Å². The highest BCUT2D eigenvalue weighted by Gasteiger charge is 2.12. The molecule has 0 aliphatic heterocycles. The molecule has 2 aromatic rings. The van der Waals surface area contributed by atoms with Crippen molar-refractivity contribution in [3.8, 4) is 5.75 Å². The van der Waals surface area contributed by atoms with Crippen molar-refractivity contribution in [3.05, 3.63) is 52.6 Å². The molecule has 0 heterocycles. The molecule has 0 bridgehead atoms. The summed E-state index contributed by atoms with van der Waals surface area (Å²) in [5, 5.41) is 2.93. The number of ether oxygens (including phenoxy) is 1. The van der Waals surface area contributed by atoms with E-state index < -0.39 is 0 Å². The van der Waals surface area contributed by atoms with E-state index in [4.69, 9.17) is 10.5 Å². The molecular formula is C17H20N2O2. The molecule has 3 N–H and O–H groups in total. The molecule has 4 heteroatoms. The number of anilines is 2. The highest BCUT2D eigenvalue weighted by molar-refractivity contribution is 6.05. The Morgan fingerprint density at radius 2 is 1.76 bits per heavy atom. The molecule has 21 heavy (non-hydrogen) atoms. The zero-order chi connectivity index (χ0) is 15.6. The van der Waals surface area contributed by atoms with Crippen LogP contribution in [0.5, 0.6) is 5.75 Å². The zero-order valence-corrected chi connectivity index (χ0v) is 12.8. The monoisotopic (exact) mass is 284 g/mol. The predicted molar refractivity (Wildman–Crippen MR) is 86.0 cm³/mol. The van der Waals surface area contributed by atoms with Gasteiger partial charge in [-0.1, -0.05) is 12.1 Å². The molecule has 2 aromatic carbocycles. The van der Waals surface area contributed by atoms with Gasteiger partial charge in [0.15, 0.2) is 0 Å². The SMILES string of the molecule is COc1cc(C(=O)Nc2c(C)ccc(N)c2C)ccc1C. The number of hydrogen-bond acceptors (Lipinski definition) is 3. The number of benzene rings is 2. The Morgan fingerprint density at radius 1 is 1.10 bits per heavy atom. The van der Waals surface area contributed by atoms with Gasteiger partial charge in [0.2, 0.25) is 0 Å². The lowest BCUT2D eigenvalue weighted by molar-refractivity contribution is 0.102. The highest BCUT2D eigenvalue weighted by Crippen LogP contribution is 2.26. The molecule has 2 rings (SSSR count). The number of aryl methyl sites for hydroxylation is 2. The van der Waals surface area contributed by atoms with Crippen LogP contribution in [0.1, 0.15) is 27.0 Å². The number of nitrogens with two attached hydrogens (primary N) is 1. The third kappa shape index (κ3) is 2.99. The molecule has 0 fully saturated rings. The van der Waals surface area contributed by atoms with E-state index in [9.17, 15) is 4.79 Å². The Balaban J connectivity index is 2.33. The molecule has 0 saturated carbocycles. The van der Waals surface area contributed by atoms with Crippen molar-refractivity contribution < 1.29 is 9.53 Å². The molecule has 110 valence electrons. The number of rotatable bonds is 3. The number of carbonyl (C=O) groups is 1. The Hall–Kier alpha value is -2.49. The number of nitrogen functional groups attached to an aromatic ring is 1. The Bertz CT molecular complexity index is 693. The number of amides is 1. The molecule has 0 saturated heterocycles. The number of nitrogens with one attached hydrogen (secondary N) is 1. The maximum absolute atomic E-state index is 12.4. The van der Waals surface area contributed by atoms with E-state index in [1.807, 2.05) is 39.0 Å². The second-order valence-electron chi connectivity index (χ2n) is 5.11. The summed E-state index contributed by atoms with van der Waals surface area (Å²) in [6.45, 7) is 5.78. The molecular weight excluding hydrogens is 264 g/mol. The molecule has 4 nitrogen and oxygen atoms in total. The Morgan fingerprint density at radius 3 is 2.43 bits per heavy atom. The van der Waals surface area contributed by atoms with Crippen molar-refractivity contribution >= 4 is 17.3 Å². The van der Waals surface area contributed by atoms with Crippen LogP contribution in [0, 0.1) is 20.8 Å². The van der Waals surface area contributed by atoms with E-state index in [0.717, 1.165) is 22.4 Å². The van der Waals surface area contributed by atoms with Crippen LogP contribution < -0.4 is 15.8 Å². The lowest BCUT2D eigenvalue weighted by atomic mass is 10.1. The van der Waals surface area contributed by atoms with Crippen LogP contribution in [-0.4, -0.2) is 13.0 Å². The Kier molecular flexibility index (Phi) is 4.17. The van der Waals surface area contributed by atoms with Crippen molar-refractivity contribution in [2.24, 2.45) is 0 Å². The van der Waals surface area contributed by atoms with Crippen LogP contribution in [0.25, 0.3) is 0 Å². The first-order valence-corrected chi connectivity index (χ1v) is 6.75. The second-order valence-corrected chi connectivity index (χ2v) is 5.11. The summed E-state index contributed by atoms with van der Waals surface area (Å²) in [7, 11) is 1.59. The van der Waals surface area contributed by atoms with E-state index in [2.05, 4.69) is 5.32 Å². The first-order chi connectivity index (χ1) is 9.93. The summed E-state index contributed by atoms with van der Waals surface area (Å²) >= 11 is 0. The van der Waals surface area contributed by atoms with E-state index in [1.165, 1.54) is 0 Å². The van der Waals surface area contributed by atoms with Gasteiger partial charge in [-0.05, 0) is 55.7 Å². The van der Waals surface area contributed by atoms with Gasteiger partial charge in [0.05, 0.1) is 7.11 Å². The fraction of sp³-hybridized carbons (Fsp3) is 0.235. The summed E-state index contributed by atoms with van der Waals surface area (Å²) in [5.74, 6) is 0.522. The quantitative estimate of drug-likeness (QED) is 0.848. The smallest absolute Gasteiger partial charge is 0.255 e. The fourth-order valence-electron chi connectivity index (χ4n) is 2.20. The van der Waals surface area contributed by atoms with Gasteiger partial charge < -0.3 is 15.8 Å². The summed E-state index contributed by atoms with van der Waals surface area (Å²) in [6, 6.07) is 9.13. The molecule has 0 aliphatic rings. The van der Waals surface area contributed by atoms with Crippen molar-refractivity contribution in [3.63, 3.8) is 0 Å². The van der Waals surface area contributed by atoms with Crippen LogP contribution in [0.2, 0.25) is 0 Å². The van der Waals surface area contributed by atoms with E-state index in [1.54, 1.807) is 19.2 Å². The van der Waals surface area contributed by atoms with Gasteiger partial charge in [-0.3, -0.25) is 4.79 Å². The lowest BCUT2D eigenvalue weighted by Gasteiger charge is -2.14. The molecule has 0 aliphatic carbocycles. The summed E-state index contributed by atoms with van der Waals surface area (Å²) in [5.41, 5.74) is 10.7. The fourth-order valence-corrected chi connectivity index (χ4v) is 2.20.